The maximum Gasteiger partial charge on any atom is 0.415 e. The lowest BCUT2D eigenvalue weighted by atomic mass is 10.2. The maximum absolute atomic E-state index is 12.6. The van der Waals surface area contributed by atoms with Gasteiger partial charge in [0, 0.05) is 12.7 Å². The lowest BCUT2D eigenvalue weighted by Gasteiger charge is -2.32. The molecule has 10 heteroatoms. The molecule has 2 heterocycles. The monoisotopic (exact) mass is 386 g/mol. The highest BCUT2D eigenvalue weighted by Crippen LogP contribution is 2.39. The normalized spacial score (nSPS) is 16.5. The first-order valence-electron chi connectivity index (χ1n) is 8.20. The van der Waals surface area contributed by atoms with Crippen molar-refractivity contribution >= 4 is 34.1 Å². The summed E-state index contributed by atoms with van der Waals surface area (Å²) in [6.07, 6.45) is -0.216. The van der Waals surface area contributed by atoms with E-state index in [0.717, 1.165) is 23.8 Å². The maximum atomic E-state index is 12.6. The molecular weight excluding hydrogens is 364 g/mol. The minimum absolute atomic E-state index is 0.0304. The predicted molar refractivity (Wildman–Crippen MR) is 94.9 cm³/mol. The van der Waals surface area contributed by atoms with Crippen molar-refractivity contribution in [2.45, 2.75) is 45.8 Å². The van der Waals surface area contributed by atoms with Crippen LogP contribution in [-0.2, 0) is 14.2 Å². The van der Waals surface area contributed by atoms with Gasteiger partial charge in [0.15, 0.2) is 5.00 Å². The van der Waals surface area contributed by atoms with Gasteiger partial charge in [-0.05, 0) is 34.1 Å². The van der Waals surface area contributed by atoms with Gasteiger partial charge in [0.25, 0.3) is 0 Å². The molecule has 0 spiro atoms. The summed E-state index contributed by atoms with van der Waals surface area (Å²) in [7, 11) is 0. The molecule has 0 saturated carbocycles. The van der Waals surface area contributed by atoms with Gasteiger partial charge in [0.05, 0.1) is 24.2 Å². The average Bonchev–Trinajstić information content (AvgIpc) is 2.89. The molecule has 1 aromatic rings. The Bertz CT molecular complexity index is 691. The van der Waals surface area contributed by atoms with Gasteiger partial charge in [-0.2, -0.15) is 0 Å². The van der Waals surface area contributed by atoms with Crippen molar-refractivity contribution < 1.29 is 28.7 Å². The Hall–Kier alpha value is -2.20. The zero-order valence-corrected chi connectivity index (χ0v) is 16.0. The van der Waals surface area contributed by atoms with E-state index in [9.17, 15) is 19.7 Å². The number of nitro groups is 1. The highest BCUT2D eigenvalue weighted by molar-refractivity contribution is 7.18. The summed E-state index contributed by atoms with van der Waals surface area (Å²) in [5.41, 5.74) is -1.12. The van der Waals surface area contributed by atoms with Crippen LogP contribution < -0.4 is 4.90 Å². The van der Waals surface area contributed by atoms with E-state index in [-0.39, 0.29) is 34.8 Å². The topological polar surface area (TPSA) is 108 Å². The number of thiophene rings is 1. The molecule has 1 saturated heterocycles. The Morgan fingerprint density at radius 2 is 2.12 bits per heavy atom. The van der Waals surface area contributed by atoms with Crippen LogP contribution in [-0.4, -0.2) is 48.4 Å². The van der Waals surface area contributed by atoms with Crippen molar-refractivity contribution in [2.75, 3.05) is 24.7 Å². The molecule has 26 heavy (non-hydrogen) atoms. The van der Waals surface area contributed by atoms with Gasteiger partial charge in [-0.3, -0.25) is 15.0 Å². The SMILES string of the molecule is CCOC(=O)c1cc([N+](=O)[O-])c(N(CC2CCO2)C(=O)OC(C)(C)C)s1. The van der Waals surface area contributed by atoms with Crippen LogP contribution >= 0.6 is 11.3 Å². The van der Waals surface area contributed by atoms with Gasteiger partial charge in [-0.25, -0.2) is 9.59 Å². The fraction of sp³-hybridized carbons (Fsp3) is 0.625. The fourth-order valence-corrected chi connectivity index (χ4v) is 3.21. The molecule has 1 unspecified atom stereocenters. The predicted octanol–water partition coefficient (Wildman–Crippen LogP) is 3.36. The Morgan fingerprint density at radius 1 is 1.46 bits per heavy atom. The zero-order chi connectivity index (χ0) is 19.5. The number of carbonyl (C=O) groups excluding carboxylic acids is 2. The van der Waals surface area contributed by atoms with E-state index < -0.39 is 22.6 Å². The third-order valence-electron chi connectivity index (χ3n) is 3.41. The van der Waals surface area contributed by atoms with Crippen LogP contribution in [0.5, 0.6) is 0 Å². The molecule has 0 aliphatic carbocycles. The second kappa shape index (κ2) is 8.00. The van der Waals surface area contributed by atoms with E-state index in [1.54, 1.807) is 27.7 Å². The van der Waals surface area contributed by atoms with Crippen LogP contribution in [0.1, 0.15) is 43.8 Å². The summed E-state index contributed by atoms with van der Waals surface area (Å²) in [5, 5.41) is 11.5. The van der Waals surface area contributed by atoms with Gasteiger partial charge in [0.2, 0.25) is 0 Å². The van der Waals surface area contributed by atoms with E-state index in [2.05, 4.69) is 0 Å². The highest BCUT2D eigenvalue weighted by atomic mass is 32.1. The molecule has 1 aliphatic rings. The largest absolute Gasteiger partial charge is 0.462 e. The van der Waals surface area contributed by atoms with Crippen molar-refractivity contribution in [3.63, 3.8) is 0 Å². The third-order valence-corrected chi connectivity index (χ3v) is 4.53. The number of ether oxygens (including phenoxy) is 3. The van der Waals surface area contributed by atoms with Crippen molar-refractivity contribution in [1.82, 2.24) is 0 Å². The van der Waals surface area contributed by atoms with Crippen LogP contribution in [0.15, 0.2) is 6.07 Å². The van der Waals surface area contributed by atoms with Gasteiger partial charge in [-0.1, -0.05) is 0 Å². The highest BCUT2D eigenvalue weighted by Gasteiger charge is 2.35. The molecule has 0 N–H and O–H groups in total. The number of amides is 1. The van der Waals surface area contributed by atoms with Crippen molar-refractivity contribution in [1.29, 1.82) is 0 Å². The van der Waals surface area contributed by atoms with Gasteiger partial charge in [0.1, 0.15) is 10.5 Å². The number of hydrogen-bond donors (Lipinski definition) is 0. The van der Waals surface area contributed by atoms with E-state index >= 15 is 0 Å². The molecule has 9 nitrogen and oxygen atoms in total. The molecule has 144 valence electrons. The number of rotatable bonds is 6. The van der Waals surface area contributed by atoms with E-state index in [0.29, 0.717) is 6.61 Å². The number of esters is 1. The van der Waals surface area contributed by atoms with Gasteiger partial charge in [-0.15, -0.1) is 11.3 Å². The number of hydrogen-bond acceptors (Lipinski definition) is 8. The van der Waals surface area contributed by atoms with E-state index in [4.69, 9.17) is 14.2 Å². The Balaban J connectivity index is 2.39. The van der Waals surface area contributed by atoms with E-state index in [1.807, 2.05) is 0 Å². The minimum atomic E-state index is -0.772. The second-order valence-electron chi connectivity index (χ2n) is 6.65. The molecular formula is C16H22N2O7S. The van der Waals surface area contributed by atoms with Crippen LogP contribution in [0, 0.1) is 10.1 Å². The molecule has 1 amide bonds. The van der Waals surface area contributed by atoms with E-state index in [1.165, 1.54) is 4.90 Å². The summed E-state index contributed by atoms with van der Waals surface area (Å²) in [4.78, 5) is 36.6. The summed E-state index contributed by atoms with van der Waals surface area (Å²) in [5.74, 6) is -0.670. The first kappa shape index (κ1) is 20.1. The van der Waals surface area contributed by atoms with Gasteiger partial charge >= 0.3 is 17.7 Å². The zero-order valence-electron chi connectivity index (χ0n) is 15.1. The van der Waals surface area contributed by atoms with Crippen LogP contribution in [0.2, 0.25) is 0 Å². The van der Waals surface area contributed by atoms with Crippen molar-refractivity contribution in [3.05, 3.63) is 21.1 Å². The third kappa shape index (κ3) is 4.92. The molecule has 1 aromatic heterocycles. The summed E-state index contributed by atoms with van der Waals surface area (Å²) in [6.45, 7) is 7.58. The Morgan fingerprint density at radius 3 is 2.58 bits per heavy atom. The smallest absolute Gasteiger partial charge is 0.415 e. The minimum Gasteiger partial charge on any atom is -0.462 e. The van der Waals surface area contributed by atoms with Crippen molar-refractivity contribution in [3.8, 4) is 0 Å². The molecule has 2 rings (SSSR count). The molecule has 0 bridgehead atoms. The number of anilines is 1. The first-order valence-corrected chi connectivity index (χ1v) is 9.01. The fourth-order valence-electron chi connectivity index (χ4n) is 2.19. The lowest BCUT2D eigenvalue weighted by molar-refractivity contribution is -0.383. The average molecular weight is 386 g/mol. The molecule has 1 aliphatic heterocycles. The number of carbonyl (C=O) groups is 2. The van der Waals surface area contributed by atoms with Crippen LogP contribution in [0.3, 0.4) is 0 Å². The summed E-state index contributed by atoms with van der Waals surface area (Å²) < 4.78 is 15.6. The molecule has 1 atom stereocenters. The Labute approximate surface area is 155 Å². The standard InChI is InChI=1S/C16H22N2O7S/c1-5-23-14(19)12-8-11(18(21)22)13(26-12)17(9-10-6-7-24-10)15(20)25-16(2,3)4/h8,10H,5-7,9H2,1-4H3. The van der Waals surface area contributed by atoms with Crippen molar-refractivity contribution in [2.24, 2.45) is 0 Å². The quantitative estimate of drug-likeness (QED) is 0.419. The van der Waals surface area contributed by atoms with Gasteiger partial charge < -0.3 is 14.2 Å². The van der Waals surface area contributed by atoms with Crippen LogP contribution in [0.25, 0.3) is 0 Å². The van der Waals surface area contributed by atoms with Crippen LogP contribution in [0.4, 0.5) is 15.5 Å². The second-order valence-corrected chi connectivity index (χ2v) is 7.68. The molecule has 0 aromatic carbocycles. The lowest BCUT2D eigenvalue weighted by Crippen LogP contribution is -2.45. The molecule has 1 fully saturated rings. The first-order chi connectivity index (χ1) is 12.1. The summed E-state index contributed by atoms with van der Waals surface area (Å²) >= 11 is 0.828. The number of nitrogens with zero attached hydrogens (tertiary/aromatic N) is 2. The summed E-state index contributed by atoms with van der Waals surface area (Å²) in [6, 6.07) is 1.12. The molecule has 0 radical (unpaired) electrons. The Kier molecular flexibility index (Phi) is 6.19.